The minimum absolute atomic E-state index is 0.113. The minimum Gasteiger partial charge on any atom is -0.352 e. The second-order valence-electron chi connectivity index (χ2n) is 3.61. The molecule has 0 aromatic rings. The molecule has 0 aliphatic carbocycles. The summed E-state index contributed by atoms with van der Waals surface area (Å²) in [5, 5.41) is 2.73. The molecule has 0 unspecified atom stereocenters. The first-order chi connectivity index (χ1) is 6.37. The lowest BCUT2D eigenvalue weighted by molar-refractivity contribution is -0.147. The lowest BCUT2D eigenvalue weighted by Crippen LogP contribution is -2.64. The van der Waals surface area contributed by atoms with E-state index in [9.17, 15) is 9.59 Å². The van der Waals surface area contributed by atoms with Gasteiger partial charge < -0.3 is 10.2 Å². The van der Waals surface area contributed by atoms with E-state index >= 15 is 0 Å². The zero-order valence-electron chi connectivity index (χ0n) is 8.01. The average Bonchev–Trinajstić information content (AvgIpc) is 2.08. The minimum atomic E-state index is -0.769. The van der Waals surface area contributed by atoms with E-state index in [1.165, 1.54) is 0 Å². The fourth-order valence-corrected chi connectivity index (χ4v) is 1.90. The zero-order valence-corrected chi connectivity index (χ0v) is 11.2. The van der Waals surface area contributed by atoms with Gasteiger partial charge in [-0.2, -0.15) is 0 Å². The van der Waals surface area contributed by atoms with Crippen LogP contribution in [0.1, 0.15) is 13.8 Å². The van der Waals surface area contributed by atoms with Gasteiger partial charge in [0, 0.05) is 13.1 Å². The van der Waals surface area contributed by atoms with Gasteiger partial charge in [-0.25, -0.2) is 0 Å². The van der Waals surface area contributed by atoms with Crippen LogP contribution in [0.3, 0.4) is 0 Å². The SMILES string of the molecule is CC1(C)C(=O)NCCN1C(=O)C(Br)Br. The predicted molar refractivity (Wildman–Crippen MR) is 60.4 cm³/mol. The number of nitrogens with zero attached hydrogens (tertiary/aromatic N) is 1. The van der Waals surface area contributed by atoms with Gasteiger partial charge in [0.1, 0.15) is 9.28 Å². The predicted octanol–water partition coefficient (Wildman–Crippen LogP) is 0.839. The van der Waals surface area contributed by atoms with Gasteiger partial charge in [-0.3, -0.25) is 9.59 Å². The first kappa shape index (κ1) is 12.0. The second kappa shape index (κ2) is 4.18. The topological polar surface area (TPSA) is 49.4 Å². The van der Waals surface area contributed by atoms with Crippen molar-refractivity contribution in [2.75, 3.05) is 13.1 Å². The van der Waals surface area contributed by atoms with E-state index in [0.29, 0.717) is 13.1 Å². The molecular weight excluding hydrogens is 316 g/mol. The molecule has 14 heavy (non-hydrogen) atoms. The van der Waals surface area contributed by atoms with Crippen molar-refractivity contribution in [1.29, 1.82) is 0 Å². The fourth-order valence-electron chi connectivity index (χ4n) is 1.40. The van der Waals surface area contributed by atoms with E-state index in [-0.39, 0.29) is 11.8 Å². The van der Waals surface area contributed by atoms with Crippen LogP contribution in [0, 0.1) is 0 Å². The maximum absolute atomic E-state index is 11.7. The quantitative estimate of drug-likeness (QED) is 0.726. The van der Waals surface area contributed by atoms with Crippen molar-refractivity contribution in [3.8, 4) is 0 Å². The maximum atomic E-state index is 11.7. The number of amides is 2. The van der Waals surface area contributed by atoms with E-state index < -0.39 is 9.28 Å². The molecule has 1 rings (SSSR count). The van der Waals surface area contributed by atoms with Gasteiger partial charge in [-0.1, -0.05) is 31.9 Å². The number of alkyl halides is 2. The molecule has 0 bridgehead atoms. The molecule has 1 N–H and O–H groups in total. The molecule has 80 valence electrons. The van der Waals surface area contributed by atoms with Gasteiger partial charge in [0.05, 0.1) is 0 Å². The van der Waals surface area contributed by atoms with Crippen molar-refractivity contribution < 1.29 is 9.59 Å². The highest BCUT2D eigenvalue weighted by Crippen LogP contribution is 2.22. The Hall–Kier alpha value is -0.100. The summed E-state index contributed by atoms with van der Waals surface area (Å²) in [4.78, 5) is 24.8. The van der Waals surface area contributed by atoms with Crippen molar-refractivity contribution in [1.82, 2.24) is 10.2 Å². The lowest BCUT2D eigenvalue weighted by atomic mass is 9.99. The number of nitrogens with one attached hydrogen (secondary N) is 1. The van der Waals surface area contributed by atoms with Crippen molar-refractivity contribution in [3.05, 3.63) is 0 Å². The molecule has 0 atom stereocenters. The Bertz CT molecular complexity index is 266. The van der Waals surface area contributed by atoms with Gasteiger partial charge in [-0.15, -0.1) is 0 Å². The third kappa shape index (κ3) is 2.11. The van der Waals surface area contributed by atoms with Gasteiger partial charge in [0.2, 0.25) is 11.8 Å². The molecule has 0 saturated carbocycles. The Morgan fingerprint density at radius 3 is 2.64 bits per heavy atom. The number of hydrogen-bond donors (Lipinski definition) is 1. The van der Waals surface area contributed by atoms with Gasteiger partial charge in [-0.05, 0) is 13.8 Å². The molecule has 1 aliphatic heterocycles. The van der Waals surface area contributed by atoms with Crippen LogP contribution in [-0.2, 0) is 9.59 Å². The summed E-state index contributed by atoms with van der Waals surface area (Å²) in [6, 6.07) is 0. The lowest BCUT2D eigenvalue weighted by Gasteiger charge is -2.41. The highest BCUT2D eigenvalue weighted by Gasteiger charge is 2.41. The van der Waals surface area contributed by atoms with Crippen LogP contribution < -0.4 is 5.32 Å². The monoisotopic (exact) mass is 326 g/mol. The zero-order chi connectivity index (χ0) is 10.9. The molecule has 1 heterocycles. The second-order valence-corrected chi connectivity index (χ2v) is 6.67. The largest absolute Gasteiger partial charge is 0.352 e. The summed E-state index contributed by atoms with van der Waals surface area (Å²) in [5.41, 5.74) is -0.769. The highest BCUT2D eigenvalue weighted by molar-refractivity contribution is 9.25. The Kier molecular flexibility index (Phi) is 3.58. The van der Waals surface area contributed by atoms with Crippen LogP contribution in [0.2, 0.25) is 0 Å². The number of halogens is 2. The van der Waals surface area contributed by atoms with Crippen LogP contribution in [0.15, 0.2) is 0 Å². The molecule has 4 nitrogen and oxygen atoms in total. The van der Waals surface area contributed by atoms with Crippen molar-refractivity contribution in [2.24, 2.45) is 0 Å². The van der Waals surface area contributed by atoms with Crippen molar-refractivity contribution >= 4 is 43.7 Å². The summed E-state index contributed by atoms with van der Waals surface area (Å²) < 4.78 is -0.430. The maximum Gasteiger partial charge on any atom is 0.248 e. The van der Waals surface area contributed by atoms with E-state index in [1.54, 1.807) is 18.7 Å². The van der Waals surface area contributed by atoms with Crippen LogP contribution >= 0.6 is 31.9 Å². The average molecular weight is 328 g/mol. The molecule has 0 spiro atoms. The van der Waals surface area contributed by atoms with Crippen molar-refractivity contribution in [3.63, 3.8) is 0 Å². The Balaban J connectivity index is 2.87. The number of rotatable bonds is 1. The summed E-state index contributed by atoms with van der Waals surface area (Å²) in [7, 11) is 0. The van der Waals surface area contributed by atoms with Crippen molar-refractivity contribution in [2.45, 2.75) is 23.1 Å². The molecule has 0 aromatic heterocycles. The number of carbonyl (C=O) groups excluding carboxylic acids is 2. The Morgan fingerprint density at radius 1 is 1.57 bits per heavy atom. The Labute approximate surface area is 99.7 Å². The van der Waals surface area contributed by atoms with E-state index in [4.69, 9.17) is 0 Å². The molecule has 0 aromatic carbocycles. The molecule has 2 amide bonds. The standard InChI is InChI=1S/C8H12Br2N2O2/c1-8(2)7(14)11-3-4-12(8)6(13)5(9)10/h5H,3-4H2,1-2H3,(H,11,14). The normalized spacial score (nSPS) is 20.9. The van der Waals surface area contributed by atoms with Gasteiger partial charge >= 0.3 is 0 Å². The molecule has 1 fully saturated rings. The summed E-state index contributed by atoms with van der Waals surface area (Å²) in [6.45, 7) is 4.54. The molecular formula is C8H12Br2N2O2. The number of hydrogen-bond acceptors (Lipinski definition) is 2. The van der Waals surface area contributed by atoms with E-state index in [0.717, 1.165) is 0 Å². The van der Waals surface area contributed by atoms with Gasteiger partial charge in [0.15, 0.2) is 0 Å². The van der Waals surface area contributed by atoms with Crippen LogP contribution in [0.25, 0.3) is 0 Å². The third-order valence-electron chi connectivity index (χ3n) is 2.30. The summed E-state index contributed by atoms with van der Waals surface area (Å²) in [6.07, 6.45) is 0. The first-order valence-electron chi connectivity index (χ1n) is 4.25. The molecule has 6 heteroatoms. The van der Waals surface area contributed by atoms with Gasteiger partial charge in [0.25, 0.3) is 0 Å². The first-order valence-corrected chi connectivity index (χ1v) is 6.08. The molecule has 0 radical (unpaired) electrons. The van der Waals surface area contributed by atoms with E-state index in [1.807, 2.05) is 0 Å². The van der Waals surface area contributed by atoms with Crippen LogP contribution in [-0.4, -0.2) is 39.1 Å². The summed E-state index contributed by atoms with van der Waals surface area (Å²) >= 11 is 6.28. The molecule has 1 aliphatic rings. The Morgan fingerprint density at radius 2 is 2.14 bits per heavy atom. The molecule has 1 saturated heterocycles. The number of carbonyl (C=O) groups is 2. The van der Waals surface area contributed by atoms with E-state index in [2.05, 4.69) is 37.2 Å². The fraction of sp³-hybridized carbons (Fsp3) is 0.750. The smallest absolute Gasteiger partial charge is 0.248 e. The number of piperazine rings is 1. The third-order valence-corrected chi connectivity index (χ3v) is 3.09. The van der Waals surface area contributed by atoms with Crippen LogP contribution in [0.4, 0.5) is 0 Å². The summed E-state index contributed by atoms with van der Waals surface area (Å²) in [5.74, 6) is -0.234. The van der Waals surface area contributed by atoms with Crippen LogP contribution in [0.5, 0.6) is 0 Å². The highest BCUT2D eigenvalue weighted by atomic mass is 79.9.